The first kappa shape index (κ1) is 15.5. The molecule has 1 atom stereocenters. The summed E-state index contributed by atoms with van der Waals surface area (Å²) in [5.74, 6) is -0.265. The van der Waals surface area contributed by atoms with Gasteiger partial charge in [-0.25, -0.2) is 4.79 Å². The molecule has 0 spiro atoms. The number of imide groups is 1. The number of ether oxygens (including phenoxy) is 1. The van der Waals surface area contributed by atoms with Gasteiger partial charge in [0.1, 0.15) is 0 Å². The van der Waals surface area contributed by atoms with Crippen molar-refractivity contribution in [3.05, 3.63) is 35.4 Å². The Morgan fingerprint density at radius 3 is 2.65 bits per heavy atom. The molecule has 23 heavy (non-hydrogen) atoms. The predicted molar refractivity (Wildman–Crippen MR) is 81.7 cm³/mol. The summed E-state index contributed by atoms with van der Waals surface area (Å²) in [5, 5.41) is 2.48. The number of hydrogen-bond acceptors (Lipinski definition) is 4. The zero-order valence-corrected chi connectivity index (χ0v) is 12.9. The van der Waals surface area contributed by atoms with Gasteiger partial charge in [0.15, 0.2) is 0 Å². The molecular formula is C16H19N3O4. The standard InChI is InChI=1S/C16H19N3O4/c1-11-9-18(6-7-23-11)15(21)13-4-2-12(3-5-13)10-19-14(20)8-17-16(19)22/h2-5,11H,6-10H2,1H3,(H,17,22)/t11-/m1/s1. The number of benzene rings is 1. The van der Waals surface area contributed by atoms with E-state index in [0.29, 0.717) is 25.3 Å². The maximum atomic E-state index is 12.4. The molecule has 2 fully saturated rings. The SMILES string of the molecule is C[C@@H]1CN(C(=O)c2ccc(CN3C(=O)CNC3=O)cc2)CCO1. The highest BCUT2D eigenvalue weighted by atomic mass is 16.5. The van der Waals surface area contributed by atoms with Crippen molar-refractivity contribution in [2.45, 2.75) is 19.6 Å². The third-order valence-corrected chi connectivity index (χ3v) is 4.01. The van der Waals surface area contributed by atoms with E-state index in [-0.39, 0.29) is 37.0 Å². The van der Waals surface area contributed by atoms with Crippen LogP contribution < -0.4 is 5.32 Å². The van der Waals surface area contributed by atoms with Crippen LogP contribution in [-0.2, 0) is 16.1 Å². The van der Waals surface area contributed by atoms with Gasteiger partial charge < -0.3 is 15.0 Å². The molecule has 3 rings (SSSR count). The van der Waals surface area contributed by atoms with Crippen LogP contribution in [0.1, 0.15) is 22.8 Å². The number of nitrogens with one attached hydrogen (secondary N) is 1. The molecule has 0 aromatic heterocycles. The number of morpholine rings is 1. The topological polar surface area (TPSA) is 79.0 Å². The van der Waals surface area contributed by atoms with Crippen LogP contribution in [0.15, 0.2) is 24.3 Å². The van der Waals surface area contributed by atoms with E-state index in [1.807, 2.05) is 6.92 Å². The summed E-state index contributed by atoms with van der Waals surface area (Å²) in [4.78, 5) is 38.5. The van der Waals surface area contributed by atoms with Gasteiger partial charge in [0.2, 0.25) is 5.91 Å². The fourth-order valence-corrected chi connectivity index (χ4v) is 2.74. The molecule has 2 heterocycles. The van der Waals surface area contributed by atoms with Gasteiger partial charge in [-0.3, -0.25) is 14.5 Å². The summed E-state index contributed by atoms with van der Waals surface area (Å²) in [6.45, 7) is 3.94. The van der Waals surface area contributed by atoms with Gasteiger partial charge in [-0.15, -0.1) is 0 Å². The van der Waals surface area contributed by atoms with E-state index in [1.54, 1.807) is 29.2 Å². The number of carbonyl (C=O) groups is 3. The van der Waals surface area contributed by atoms with Crippen molar-refractivity contribution < 1.29 is 19.1 Å². The third kappa shape index (κ3) is 3.34. The fourth-order valence-electron chi connectivity index (χ4n) is 2.74. The minimum Gasteiger partial charge on any atom is -0.375 e. The van der Waals surface area contributed by atoms with Crippen molar-refractivity contribution in [2.75, 3.05) is 26.2 Å². The van der Waals surface area contributed by atoms with Gasteiger partial charge in [0.25, 0.3) is 5.91 Å². The second kappa shape index (κ2) is 6.37. The minimum atomic E-state index is -0.377. The van der Waals surface area contributed by atoms with E-state index >= 15 is 0 Å². The summed E-state index contributed by atoms with van der Waals surface area (Å²) >= 11 is 0. The van der Waals surface area contributed by atoms with Gasteiger partial charge in [-0.05, 0) is 24.6 Å². The number of hydrogen-bond donors (Lipinski definition) is 1. The van der Waals surface area contributed by atoms with Crippen LogP contribution in [0.25, 0.3) is 0 Å². The zero-order chi connectivity index (χ0) is 16.4. The molecule has 2 aliphatic heterocycles. The maximum absolute atomic E-state index is 12.4. The summed E-state index contributed by atoms with van der Waals surface area (Å²) in [6.07, 6.45) is 0.0478. The molecule has 2 saturated heterocycles. The molecule has 0 unspecified atom stereocenters. The molecule has 1 N–H and O–H groups in total. The van der Waals surface area contributed by atoms with E-state index in [0.717, 1.165) is 5.56 Å². The van der Waals surface area contributed by atoms with E-state index in [2.05, 4.69) is 5.32 Å². The average Bonchev–Trinajstić information content (AvgIpc) is 2.87. The summed E-state index contributed by atoms with van der Waals surface area (Å²) in [6, 6.07) is 6.64. The van der Waals surface area contributed by atoms with Gasteiger partial charge in [0.05, 0.1) is 25.8 Å². The molecular weight excluding hydrogens is 298 g/mol. The Morgan fingerprint density at radius 2 is 2.04 bits per heavy atom. The summed E-state index contributed by atoms with van der Waals surface area (Å²) < 4.78 is 5.44. The van der Waals surface area contributed by atoms with Crippen molar-refractivity contribution in [2.24, 2.45) is 0 Å². The monoisotopic (exact) mass is 317 g/mol. The molecule has 122 valence electrons. The molecule has 0 radical (unpaired) electrons. The Morgan fingerprint density at radius 1 is 1.30 bits per heavy atom. The van der Waals surface area contributed by atoms with Gasteiger partial charge in [0, 0.05) is 18.7 Å². The maximum Gasteiger partial charge on any atom is 0.324 e. The van der Waals surface area contributed by atoms with Crippen molar-refractivity contribution in [1.82, 2.24) is 15.1 Å². The molecule has 0 aliphatic carbocycles. The quantitative estimate of drug-likeness (QED) is 0.828. The Hall–Kier alpha value is -2.41. The Bertz CT molecular complexity index is 613. The number of rotatable bonds is 3. The van der Waals surface area contributed by atoms with Crippen LogP contribution in [0.4, 0.5) is 4.79 Å². The average molecular weight is 317 g/mol. The van der Waals surface area contributed by atoms with Gasteiger partial charge >= 0.3 is 6.03 Å². The van der Waals surface area contributed by atoms with E-state index in [4.69, 9.17) is 4.74 Å². The van der Waals surface area contributed by atoms with E-state index < -0.39 is 0 Å². The van der Waals surface area contributed by atoms with E-state index in [1.165, 1.54) is 4.90 Å². The lowest BCUT2D eigenvalue weighted by molar-refractivity contribution is -0.125. The van der Waals surface area contributed by atoms with Crippen molar-refractivity contribution in [1.29, 1.82) is 0 Å². The number of amides is 4. The van der Waals surface area contributed by atoms with Crippen LogP contribution in [0.3, 0.4) is 0 Å². The third-order valence-electron chi connectivity index (χ3n) is 4.01. The normalized spacial score (nSPS) is 21.5. The van der Waals surface area contributed by atoms with Crippen LogP contribution in [0.2, 0.25) is 0 Å². The largest absolute Gasteiger partial charge is 0.375 e. The molecule has 7 nitrogen and oxygen atoms in total. The Balaban J connectivity index is 1.66. The lowest BCUT2D eigenvalue weighted by Gasteiger charge is -2.31. The molecule has 7 heteroatoms. The first-order valence-corrected chi connectivity index (χ1v) is 7.62. The molecule has 0 bridgehead atoms. The lowest BCUT2D eigenvalue weighted by atomic mass is 10.1. The minimum absolute atomic E-state index is 0.0262. The van der Waals surface area contributed by atoms with Crippen molar-refractivity contribution in [3.8, 4) is 0 Å². The highest BCUT2D eigenvalue weighted by Crippen LogP contribution is 2.14. The number of urea groups is 1. The Kier molecular flexibility index (Phi) is 4.29. The van der Waals surface area contributed by atoms with Gasteiger partial charge in [-0.2, -0.15) is 0 Å². The lowest BCUT2D eigenvalue weighted by Crippen LogP contribution is -2.44. The van der Waals surface area contributed by atoms with E-state index in [9.17, 15) is 14.4 Å². The Labute approximate surface area is 134 Å². The molecule has 2 aliphatic rings. The van der Waals surface area contributed by atoms with Crippen molar-refractivity contribution in [3.63, 3.8) is 0 Å². The smallest absolute Gasteiger partial charge is 0.324 e. The molecule has 1 aromatic rings. The highest BCUT2D eigenvalue weighted by Gasteiger charge is 2.28. The highest BCUT2D eigenvalue weighted by molar-refractivity contribution is 6.01. The molecule has 0 saturated carbocycles. The van der Waals surface area contributed by atoms with Crippen LogP contribution in [0, 0.1) is 0 Å². The number of carbonyl (C=O) groups excluding carboxylic acids is 3. The molecule has 1 aromatic carbocycles. The van der Waals surface area contributed by atoms with Crippen LogP contribution in [0.5, 0.6) is 0 Å². The second-order valence-electron chi connectivity index (χ2n) is 5.77. The zero-order valence-electron chi connectivity index (χ0n) is 12.9. The predicted octanol–water partition coefficient (Wildman–Crippen LogP) is 0.599. The molecule has 4 amide bonds. The first-order valence-electron chi connectivity index (χ1n) is 7.62. The second-order valence-corrected chi connectivity index (χ2v) is 5.77. The van der Waals surface area contributed by atoms with Crippen LogP contribution in [-0.4, -0.2) is 60.0 Å². The van der Waals surface area contributed by atoms with Crippen molar-refractivity contribution >= 4 is 17.8 Å². The first-order chi connectivity index (χ1) is 11.0. The summed E-state index contributed by atoms with van der Waals surface area (Å²) in [7, 11) is 0. The fraction of sp³-hybridized carbons (Fsp3) is 0.438. The summed E-state index contributed by atoms with van der Waals surface area (Å²) in [5.41, 5.74) is 1.40. The van der Waals surface area contributed by atoms with Gasteiger partial charge in [-0.1, -0.05) is 12.1 Å². The van der Waals surface area contributed by atoms with Crippen LogP contribution >= 0.6 is 0 Å². The number of nitrogens with zero attached hydrogens (tertiary/aromatic N) is 2.